The third kappa shape index (κ3) is 2.80. The van der Waals surface area contributed by atoms with Gasteiger partial charge in [0.1, 0.15) is 0 Å². The molecule has 3 heterocycles. The zero-order chi connectivity index (χ0) is 20.8. The van der Waals surface area contributed by atoms with Crippen LogP contribution in [0, 0.1) is 6.92 Å². The van der Waals surface area contributed by atoms with Crippen LogP contribution in [0.15, 0.2) is 116 Å². The van der Waals surface area contributed by atoms with Crippen LogP contribution in [0.4, 0.5) is 0 Å². The summed E-state index contributed by atoms with van der Waals surface area (Å²) in [6.07, 6.45) is 4.32. The lowest BCUT2D eigenvalue weighted by Crippen LogP contribution is -2.68. The van der Waals surface area contributed by atoms with Gasteiger partial charge in [0, 0.05) is 24.3 Å². The molecule has 0 atom stereocenters. The van der Waals surface area contributed by atoms with Crippen molar-refractivity contribution in [1.82, 2.24) is 0 Å². The standard InChI is InChI=1S/C29H22N2/c1-21-10-2-3-11-23(21)22-17-19-31-29(20-22)27-15-7-5-13-25(27)24-12-4-6-14-26(24)28-16-8-9-18-30(28)31/h2-20H,1H3/q+2. The summed E-state index contributed by atoms with van der Waals surface area (Å²) >= 11 is 0. The van der Waals surface area contributed by atoms with Crippen LogP contribution >= 0.6 is 0 Å². The maximum absolute atomic E-state index is 2.32. The van der Waals surface area contributed by atoms with Gasteiger partial charge in [0.05, 0.1) is 20.5 Å². The maximum atomic E-state index is 2.32. The highest BCUT2D eigenvalue weighted by Gasteiger charge is 2.32. The van der Waals surface area contributed by atoms with E-state index >= 15 is 0 Å². The van der Waals surface area contributed by atoms with Crippen LogP contribution in [-0.2, 0) is 0 Å². The average Bonchev–Trinajstić information content (AvgIpc) is 2.83. The van der Waals surface area contributed by atoms with Crippen molar-refractivity contribution < 1.29 is 9.35 Å². The number of benzene rings is 3. The first-order valence-corrected chi connectivity index (χ1v) is 10.6. The van der Waals surface area contributed by atoms with Crippen molar-refractivity contribution in [2.75, 3.05) is 0 Å². The van der Waals surface area contributed by atoms with Crippen LogP contribution in [0.3, 0.4) is 0 Å². The number of hydrogen-bond donors (Lipinski definition) is 0. The first-order chi connectivity index (χ1) is 15.3. The number of aromatic nitrogens is 2. The molecule has 0 unspecified atom stereocenters. The molecule has 1 aliphatic heterocycles. The van der Waals surface area contributed by atoms with Crippen LogP contribution in [0.25, 0.3) is 44.8 Å². The summed E-state index contributed by atoms with van der Waals surface area (Å²) < 4.78 is 4.50. The highest BCUT2D eigenvalue weighted by molar-refractivity contribution is 5.90. The Morgan fingerprint density at radius 3 is 1.71 bits per heavy atom. The van der Waals surface area contributed by atoms with Crippen LogP contribution in [0.2, 0.25) is 0 Å². The quantitative estimate of drug-likeness (QED) is 0.306. The van der Waals surface area contributed by atoms with Gasteiger partial charge >= 0.3 is 0 Å². The van der Waals surface area contributed by atoms with Crippen molar-refractivity contribution in [1.29, 1.82) is 0 Å². The molecule has 31 heavy (non-hydrogen) atoms. The largest absolute Gasteiger partial charge is 0.285 e. The smallest absolute Gasteiger partial charge is 0.0620 e. The van der Waals surface area contributed by atoms with E-state index in [-0.39, 0.29) is 0 Å². The molecule has 0 aliphatic carbocycles. The molecule has 146 valence electrons. The lowest BCUT2D eigenvalue weighted by molar-refractivity contribution is -1.29. The maximum Gasteiger partial charge on any atom is 0.285 e. The lowest BCUT2D eigenvalue weighted by Gasteiger charge is -2.15. The van der Waals surface area contributed by atoms with Gasteiger partial charge in [0.2, 0.25) is 12.4 Å². The van der Waals surface area contributed by atoms with E-state index in [1.807, 2.05) is 0 Å². The number of pyridine rings is 2. The second-order valence-electron chi connectivity index (χ2n) is 7.98. The first-order valence-electron chi connectivity index (χ1n) is 10.6. The van der Waals surface area contributed by atoms with E-state index in [1.54, 1.807) is 0 Å². The Balaban J connectivity index is 1.73. The number of nitrogens with zero attached hydrogens (tertiary/aromatic N) is 2. The molecule has 5 aromatic rings. The van der Waals surface area contributed by atoms with Crippen LogP contribution < -0.4 is 9.35 Å². The Kier molecular flexibility index (Phi) is 4.03. The van der Waals surface area contributed by atoms with E-state index in [1.165, 1.54) is 50.3 Å². The number of fused-ring (bicyclic) bond motifs is 8. The normalized spacial score (nSPS) is 11.4. The van der Waals surface area contributed by atoms with E-state index in [2.05, 4.69) is 132 Å². The average molecular weight is 399 g/mol. The fourth-order valence-electron chi connectivity index (χ4n) is 4.66. The van der Waals surface area contributed by atoms with Gasteiger partial charge in [-0.05, 0) is 52.9 Å². The van der Waals surface area contributed by atoms with E-state index in [0.29, 0.717) is 0 Å². The third-order valence-electron chi connectivity index (χ3n) is 6.16. The molecule has 0 bridgehead atoms. The SMILES string of the molecule is Cc1ccccc1-c1cc[n+]2c(c1)-c1ccccc1-c1ccccc1-c1cccc[n+]1-2. The molecule has 0 N–H and O–H groups in total. The fourth-order valence-corrected chi connectivity index (χ4v) is 4.66. The van der Waals surface area contributed by atoms with Gasteiger partial charge in [0.15, 0.2) is 0 Å². The second-order valence-corrected chi connectivity index (χ2v) is 7.98. The van der Waals surface area contributed by atoms with E-state index in [9.17, 15) is 0 Å². The highest BCUT2D eigenvalue weighted by Crippen LogP contribution is 2.38. The van der Waals surface area contributed by atoms with Gasteiger partial charge < -0.3 is 0 Å². The molecule has 0 saturated heterocycles. The summed E-state index contributed by atoms with van der Waals surface area (Å²) in [4.78, 5) is 0. The molecular weight excluding hydrogens is 376 g/mol. The predicted molar refractivity (Wildman–Crippen MR) is 124 cm³/mol. The summed E-state index contributed by atoms with van der Waals surface area (Å²) in [6, 6.07) is 36.9. The molecule has 2 heteroatoms. The summed E-state index contributed by atoms with van der Waals surface area (Å²) in [7, 11) is 0. The second kappa shape index (κ2) is 7.03. The number of rotatable bonds is 1. The predicted octanol–water partition coefficient (Wildman–Crippen LogP) is 5.86. The summed E-state index contributed by atoms with van der Waals surface area (Å²) in [5.74, 6) is 0. The molecule has 0 spiro atoms. The van der Waals surface area contributed by atoms with Gasteiger partial charge in [-0.3, -0.25) is 0 Å². The fraction of sp³-hybridized carbons (Fsp3) is 0.0345. The Hall–Kier alpha value is -4.04. The van der Waals surface area contributed by atoms with Crippen molar-refractivity contribution in [3.8, 4) is 44.8 Å². The zero-order valence-corrected chi connectivity index (χ0v) is 17.4. The Labute approximate surface area is 182 Å². The van der Waals surface area contributed by atoms with Crippen molar-refractivity contribution in [3.63, 3.8) is 0 Å². The zero-order valence-electron chi connectivity index (χ0n) is 17.4. The van der Waals surface area contributed by atoms with Crippen LogP contribution in [0.1, 0.15) is 5.56 Å². The summed E-state index contributed by atoms with van der Waals surface area (Å²) in [5, 5.41) is 0. The van der Waals surface area contributed by atoms with Gasteiger partial charge in [-0.1, -0.05) is 60.7 Å². The molecular formula is C29H22N2+2. The Morgan fingerprint density at radius 2 is 1.00 bits per heavy atom. The minimum Gasteiger partial charge on any atom is -0.0620 e. The molecule has 2 aromatic heterocycles. The van der Waals surface area contributed by atoms with E-state index < -0.39 is 0 Å². The van der Waals surface area contributed by atoms with Gasteiger partial charge in [-0.15, -0.1) is 0 Å². The molecule has 0 radical (unpaired) electrons. The first kappa shape index (κ1) is 17.8. The van der Waals surface area contributed by atoms with E-state index in [0.717, 1.165) is 0 Å². The van der Waals surface area contributed by atoms with Crippen LogP contribution in [0.5, 0.6) is 0 Å². The Bertz CT molecular complexity index is 1440. The van der Waals surface area contributed by atoms with Crippen molar-refractivity contribution in [3.05, 3.63) is 121 Å². The third-order valence-corrected chi connectivity index (χ3v) is 6.16. The van der Waals surface area contributed by atoms with Gasteiger partial charge in [-0.25, -0.2) is 0 Å². The van der Waals surface area contributed by atoms with Crippen molar-refractivity contribution >= 4 is 0 Å². The number of hydrogen-bond acceptors (Lipinski definition) is 0. The highest BCUT2D eigenvalue weighted by atomic mass is 15.4. The van der Waals surface area contributed by atoms with Gasteiger partial charge in [-0.2, -0.15) is 0 Å². The minimum atomic E-state index is 1.17. The molecule has 1 aliphatic rings. The summed E-state index contributed by atoms with van der Waals surface area (Å²) in [6.45, 7) is 2.17. The molecule has 3 aromatic carbocycles. The molecule has 6 rings (SSSR count). The molecule has 0 amide bonds. The Morgan fingerprint density at radius 1 is 0.452 bits per heavy atom. The molecule has 0 fully saturated rings. The lowest BCUT2D eigenvalue weighted by atomic mass is 9.90. The molecule has 2 nitrogen and oxygen atoms in total. The van der Waals surface area contributed by atoms with Crippen LogP contribution in [-0.4, -0.2) is 0 Å². The van der Waals surface area contributed by atoms with Crippen molar-refractivity contribution in [2.24, 2.45) is 0 Å². The van der Waals surface area contributed by atoms with Gasteiger partial charge in [0.25, 0.3) is 11.4 Å². The minimum absolute atomic E-state index is 1.17. The summed E-state index contributed by atoms with van der Waals surface area (Å²) in [5.41, 5.74) is 11.1. The van der Waals surface area contributed by atoms with E-state index in [4.69, 9.17) is 0 Å². The number of aryl methyl sites for hydroxylation is 1. The topological polar surface area (TPSA) is 7.76 Å². The monoisotopic (exact) mass is 398 g/mol. The van der Waals surface area contributed by atoms with Crippen molar-refractivity contribution in [2.45, 2.75) is 6.92 Å². The molecule has 0 saturated carbocycles.